The Hall–Kier alpha value is -1.36. The standard InChI is InChI=1S/C11H19N3O2/c1-8(9-6-12-14(4)7-9)13-11(2,3)10(15)16-5/h6-8,13H,1-5H3. The van der Waals surface area contributed by atoms with Crippen molar-refractivity contribution >= 4 is 5.97 Å². The first-order chi connectivity index (χ1) is 7.36. The maximum atomic E-state index is 11.5. The van der Waals surface area contributed by atoms with Gasteiger partial charge in [0.15, 0.2) is 0 Å². The average Bonchev–Trinajstić information content (AvgIpc) is 2.63. The van der Waals surface area contributed by atoms with Gasteiger partial charge in [0.25, 0.3) is 0 Å². The molecule has 1 aromatic rings. The molecular formula is C11H19N3O2. The van der Waals surface area contributed by atoms with Gasteiger partial charge in [0.1, 0.15) is 5.54 Å². The summed E-state index contributed by atoms with van der Waals surface area (Å²) in [5.74, 6) is -0.275. The summed E-state index contributed by atoms with van der Waals surface area (Å²) in [6.45, 7) is 5.58. The molecule has 0 aliphatic rings. The van der Waals surface area contributed by atoms with Crippen LogP contribution in [0.25, 0.3) is 0 Å². The van der Waals surface area contributed by atoms with Gasteiger partial charge < -0.3 is 4.74 Å². The van der Waals surface area contributed by atoms with E-state index in [4.69, 9.17) is 4.74 Å². The summed E-state index contributed by atoms with van der Waals surface area (Å²) in [6, 6.07) is 0.0443. The van der Waals surface area contributed by atoms with Crippen molar-refractivity contribution in [1.29, 1.82) is 0 Å². The quantitative estimate of drug-likeness (QED) is 0.777. The van der Waals surface area contributed by atoms with Gasteiger partial charge in [-0.3, -0.25) is 14.8 Å². The molecule has 1 N–H and O–H groups in total. The second-order valence-corrected chi connectivity index (χ2v) is 4.43. The number of nitrogens with one attached hydrogen (secondary N) is 1. The molecule has 0 bridgehead atoms. The summed E-state index contributed by atoms with van der Waals surface area (Å²) < 4.78 is 6.47. The summed E-state index contributed by atoms with van der Waals surface area (Å²) in [5.41, 5.74) is 0.337. The van der Waals surface area contributed by atoms with Gasteiger partial charge in [0, 0.05) is 24.8 Å². The van der Waals surface area contributed by atoms with E-state index in [1.807, 2.05) is 20.2 Å². The molecule has 0 saturated heterocycles. The number of esters is 1. The molecule has 1 unspecified atom stereocenters. The lowest BCUT2D eigenvalue weighted by Crippen LogP contribution is -2.48. The zero-order valence-electron chi connectivity index (χ0n) is 10.4. The highest BCUT2D eigenvalue weighted by molar-refractivity contribution is 5.79. The summed E-state index contributed by atoms with van der Waals surface area (Å²) in [7, 11) is 3.25. The first kappa shape index (κ1) is 12.7. The second kappa shape index (κ2) is 4.65. The van der Waals surface area contributed by atoms with Gasteiger partial charge >= 0.3 is 5.97 Å². The Kier molecular flexibility index (Phi) is 3.70. The van der Waals surface area contributed by atoms with Crippen LogP contribution in [-0.4, -0.2) is 28.4 Å². The number of hydrogen-bond donors (Lipinski definition) is 1. The molecule has 1 atom stereocenters. The fourth-order valence-corrected chi connectivity index (χ4v) is 1.60. The van der Waals surface area contributed by atoms with Gasteiger partial charge in [-0.25, -0.2) is 0 Å². The van der Waals surface area contributed by atoms with Crippen molar-refractivity contribution in [3.63, 3.8) is 0 Å². The minimum Gasteiger partial charge on any atom is -0.468 e. The smallest absolute Gasteiger partial charge is 0.325 e. The van der Waals surface area contributed by atoms with Crippen molar-refractivity contribution in [2.75, 3.05) is 7.11 Å². The van der Waals surface area contributed by atoms with Crippen molar-refractivity contribution in [3.8, 4) is 0 Å². The normalized spacial score (nSPS) is 13.6. The molecule has 90 valence electrons. The van der Waals surface area contributed by atoms with Crippen molar-refractivity contribution in [2.24, 2.45) is 7.05 Å². The van der Waals surface area contributed by atoms with E-state index in [0.29, 0.717) is 0 Å². The first-order valence-corrected chi connectivity index (χ1v) is 5.21. The maximum Gasteiger partial charge on any atom is 0.325 e. The summed E-state index contributed by atoms with van der Waals surface area (Å²) >= 11 is 0. The van der Waals surface area contributed by atoms with Crippen molar-refractivity contribution in [2.45, 2.75) is 32.4 Å². The average molecular weight is 225 g/mol. The van der Waals surface area contributed by atoms with E-state index in [1.165, 1.54) is 7.11 Å². The molecular weight excluding hydrogens is 206 g/mol. The third-order valence-electron chi connectivity index (χ3n) is 2.50. The highest BCUT2D eigenvalue weighted by Crippen LogP contribution is 2.16. The van der Waals surface area contributed by atoms with Crippen LogP contribution in [0.15, 0.2) is 12.4 Å². The van der Waals surface area contributed by atoms with Crippen molar-refractivity contribution in [3.05, 3.63) is 18.0 Å². The van der Waals surface area contributed by atoms with Gasteiger partial charge in [-0.05, 0) is 20.8 Å². The predicted octanol–water partition coefficient (Wildman–Crippen LogP) is 1.02. The van der Waals surface area contributed by atoms with Crippen LogP contribution in [0.2, 0.25) is 0 Å². The molecule has 1 rings (SSSR count). The van der Waals surface area contributed by atoms with Crippen LogP contribution in [0, 0.1) is 0 Å². The monoisotopic (exact) mass is 225 g/mol. The number of hydrogen-bond acceptors (Lipinski definition) is 4. The molecule has 5 nitrogen and oxygen atoms in total. The number of aromatic nitrogens is 2. The zero-order valence-corrected chi connectivity index (χ0v) is 10.4. The molecule has 16 heavy (non-hydrogen) atoms. The topological polar surface area (TPSA) is 56.1 Å². The molecule has 0 spiro atoms. The van der Waals surface area contributed by atoms with E-state index in [-0.39, 0.29) is 12.0 Å². The van der Waals surface area contributed by atoms with Gasteiger partial charge in [-0.15, -0.1) is 0 Å². The summed E-state index contributed by atoms with van der Waals surface area (Å²) in [6.07, 6.45) is 3.70. The van der Waals surface area contributed by atoms with E-state index in [9.17, 15) is 4.79 Å². The van der Waals surface area contributed by atoms with Gasteiger partial charge in [0.05, 0.1) is 13.3 Å². The predicted molar refractivity (Wildman–Crippen MR) is 60.9 cm³/mol. The largest absolute Gasteiger partial charge is 0.468 e. The molecule has 0 radical (unpaired) electrons. The van der Waals surface area contributed by atoms with Crippen molar-refractivity contribution < 1.29 is 9.53 Å². The Balaban J connectivity index is 2.70. The Morgan fingerprint density at radius 1 is 1.62 bits per heavy atom. The van der Waals surface area contributed by atoms with E-state index in [2.05, 4.69) is 10.4 Å². The van der Waals surface area contributed by atoms with Crippen LogP contribution in [0.3, 0.4) is 0 Å². The number of aryl methyl sites for hydroxylation is 1. The number of nitrogens with zero attached hydrogens (tertiary/aromatic N) is 2. The van der Waals surface area contributed by atoms with Crippen LogP contribution in [0.5, 0.6) is 0 Å². The second-order valence-electron chi connectivity index (χ2n) is 4.43. The van der Waals surface area contributed by atoms with Crippen LogP contribution < -0.4 is 5.32 Å². The van der Waals surface area contributed by atoms with Crippen molar-refractivity contribution in [1.82, 2.24) is 15.1 Å². The third-order valence-corrected chi connectivity index (χ3v) is 2.50. The molecule has 0 fully saturated rings. The fraction of sp³-hybridized carbons (Fsp3) is 0.636. The fourth-order valence-electron chi connectivity index (χ4n) is 1.60. The zero-order chi connectivity index (χ0) is 12.3. The Bertz CT molecular complexity index is 371. The molecule has 1 aromatic heterocycles. The maximum absolute atomic E-state index is 11.5. The van der Waals surface area contributed by atoms with Crippen LogP contribution in [-0.2, 0) is 16.6 Å². The minimum atomic E-state index is -0.704. The lowest BCUT2D eigenvalue weighted by Gasteiger charge is -2.27. The van der Waals surface area contributed by atoms with Crippen LogP contribution >= 0.6 is 0 Å². The van der Waals surface area contributed by atoms with Gasteiger partial charge in [0.2, 0.25) is 0 Å². The Morgan fingerprint density at radius 2 is 2.25 bits per heavy atom. The number of rotatable bonds is 4. The number of carbonyl (C=O) groups is 1. The molecule has 0 aromatic carbocycles. The van der Waals surface area contributed by atoms with E-state index < -0.39 is 5.54 Å². The van der Waals surface area contributed by atoms with E-state index >= 15 is 0 Å². The highest BCUT2D eigenvalue weighted by Gasteiger charge is 2.30. The highest BCUT2D eigenvalue weighted by atomic mass is 16.5. The van der Waals surface area contributed by atoms with E-state index in [0.717, 1.165) is 5.56 Å². The molecule has 0 amide bonds. The van der Waals surface area contributed by atoms with Crippen LogP contribution in [0.1, 0.15) is 32.4 Å². The number of carbonyl (C=O) groups excluding carboxylic acids is 1. The lowest BCUT2D eigenvalue weighted by molar-refractivity contribution is -0.147. The molecule has 0 aliphatic carbocycles. The first-order valence-electron chi connectivity index (χ1n) is 5.21. The molecule has 0 saturated carbocycles. The number of ether oxygens (including phenoxy) is 1. The summed E-state index contributed by atoms with van der Waals surface area (Å²) in [5, 5.41) is 7.30. The van der Waals surface area contributed by atoms with Gasteiger partial charge in [-0.2, -0.15) is 5.10 Å². The lowest BCUT2D eigenvalue weighted by atomic mass is 10.0. The molecule has 1 heterocycles. The summed E-state index contributed by atoms with van der Waals surface area (Å²) in [4.78, 5) is 11.5. The Labute approximate surface area is 95.8 Å². The van der Waals surface area contributed by atoms with E-state index in [1.54, 1.807) is 24.7 Å². The number of methoxy groups -OCH3 is 1. The minimum absolute atomic E-state index is 0.0443. The Morgan fingerprint density at radius 3 is 2.69 bits per heavy atom. The third kappa shape index (κ3) is 2.82. The van der Waals surface area contributed by atoms with Gasteiger partial charge in [-0.1, -0.05) is 0 Å². The molecule has 5 heteroatoms. The van der Waals surface area contributed by atoms with Crippen LogP contribution in [0.4, 0.5) is 0 Å². The SMILES string of the molecule is COC(=O)C(C)(C)NC(C)c1cnn(C)c1. The molecule has 0 aliphatic heterocycles.